The quantitative estimate of drug-likeness (QED) is 0.705. The Hall–Kier alpha value is -0.610. The first-order valence-corrected chi connectivity index (χ1v) is 6.39. The summed E-state index contributed by atoms with van der Waals surface area (Å²) in [5.41, 5.74) is 0. The fourth-order valence-corrected chi connectivity index (χ4v) is 2.41. The molecule has 94 valence electrons. The van der Waals surface area contributed by atoms with Gasteiger partial charge in [-0.15, -0.1) is 0 Å². The Morgan fingerprint density at radius 1 is 1.50 bits per heavy atom. The van der Waals surface area contributed by atoms with Gasteiger partial charge in [-0.2, -0.15) is 0 Å². The number of carbonyl (C=O) groups is 1. The Morgan fingerprint density at radius 2 is 2.19 bits per heavy atom. The lowest BCUT2D eigenvalue weighted by Gasteiger charge is -2.32. The first-order valence-electron chi connectivity index (χ1n) is 6.39. The molecule has 1 aliphatic rings. The smallest absolute Gasteiger partial charge is 0.240 e. The predicted octanol–water partition coefficient (Wildman–Crippen LogP) is 0.748. The molecular formula is C12H24N2O2. The molecule has 0 bridgehead atoms. The van der Waals surface area contributed by atoms with Crippen LogP contribution >= 0.6 is 0 Å². The van der Waals surface area contributed by atoms with Crippen LogP contribution in [0.15, 0.2) is 0 Å². The molecular weight excluding hydrogens is 204 g/mol. The van der Waals surface area contributed by atoms with Crippen molar-refractivity contribution in [1.29, 1.82) is 0 Å². The largest absolute Gasteiger partial charge is 0.395 e. The molecule has 1 heterocycles. The molecule has 0 radical (unpaired) electrons. The summed E-state index contributed by atoms with van der Waals surface area (Å²) >= 11 is 0. The SMILES string of the molecule is CCC(CC)N(CCO)C(=O)[C@@H]1CCCN1. The van der Waals surface area contributed by atoms with E-state index in [1.165, 1.54) is 0 Å². The van der Waals surface area contributed by atoms with Crippen LogP contribution in [-0.4, -0.2) is 47.7 Å². The summed E-state index contributed by atoms with van der Waals surface area (Å²) in [4.78, 5) is 14.1. The van der Waals surface area contributed by atoms with Gasteiger partial charge in [-0.05, 0) is 32.2 Å². The van der Waals surface area contributed by atoms with E-state index in [9.17, 15) is 4.79 Å². The van der Waals surface area contributed by atoms with Gasteiger partial charge in [0.05, 0.1) is 12.6 Å². The lowest BCUT2D eigenvalue weighted by molar-refractivity contribution is -0.136. The van der Waals surface area contributed by atoms with Crippen LogP contribution in [0.2, 0.25) is 0 Å². The average molecular weight is 228 g/mol. The number of carbonyl (C=O) groups excluding carboxylic acids is 1. The van der Waals surface area contributed by atoms with Crippen molar-refractivity contribution in [1.82, 2.24) is 10.2 Å². The zero-order valence-electron chi connectivity index (χ0n) is 10.4. The summed E-state index contributed by atoms with van der Waals surface area (Å²) in [6.45, 7) is 5.63. The minimum atomic E-state index is -0.0212. The Morgan fingerprint density at radius 3 is 2.62 bits per heavy atom. The summed E-state index contributed by atoms with van der Waals surface area (Å²) in [6.07, 6.45) is 3.91. The molecule has 0 aliphatic carbocycles. The van der Waals surface area contributed by atoms with Crippen LogP contribution in [0, 0.1) is 0 Å². The van der Waals surface area contributed by atoms with Crippen molar-refractivity contribution in [3.8, 4) is 0 Å². The topological polar surface area (TPSA) is 52.6 Å². The van der Waals surface area contributed by atoms with Crippen molar-refractivity contribution in [2.45, 2.75) is 51.6 Å². The van der Waals surface area contributed by atoms with Crippen LogP contribution in [-0.2, 0) is 4.79 Å². The van der Waals surface area contributed by atoms with Crippen LogP contribution in [0.25, 0.3) is 0 Å². The highest BCUT2D eigenvalue weighted by Crippen LogP contribution is 2.14. The summed E-state index contributed by atoms with van der Waals surface area (Å²) in [5.74, 6) is 0.167. The van der Waals surface area contributed by atoms with E-state index in [0.717, 1.165) is 32.2 Å². The fraction of sp³-hybridized carbons (Fsp3) is 0.917. The van der Waals surface area contributed by atoms with Gasteiger partial charge in [-0.1, -0.05) is 13.8 Å². The van der Waals surface area contributed by atoms with E-state index in [-0.39, 0.29) is 24.6 Å². The Balaban J connectivity index is 2.63. The zero-order valence-corrected chi connectivity index (χ0v) is 10.4. The molecule has 4 nitrogen and oxygen atoms in total. The van der Waals surface area contributed by atoms with Gasteiger partial charge in [0.1, 0.15) is 0 Å². The van der Waals surface area contributed by atoms with Gasteiger partial charge in [0.25, 0.3) is 0 Å². The summed E-state index contributed by atoms with van der Waals surface area (Å²) in [5, 5.41) is 12.3. The van der Waals surface area contributed by atoms with Gasteiger partial charge in [0, 0.05) is 12.6 Å². The van der Waals surface area contributed by atoms with E-state index in [4.69, 9.17) is 5.11 Å². The van der Waals surface area contributed by atoms with E-state index in [2.05, 4.69) is 19.2 Å². The van der Waals surface area contributed by atoms with Crippen LogP contribution in [0.4, 0.5) is 0 Å². The third kappa shape index (κ3) is 3.19. The first kappa shape index (κ1) is 13.5. The van der Waals surface area contributed by atoms with Crippen molar-refractivity contribution in [3.63, 3.8) is 0 Å². The van der Waals surface area contributed by atoms with Crippen molar-refractivity contribution in [2.75, 3.05) is 19.7 Å². The van der Waals surface area contributed by atoms with E-state index in [1.54, 1.807) is 0 Å². The number of aliphatic hydroxyl groups excluding tert-OH is 1. The van der Waals surface area contributed by atoms with Gasteiger partial charge in [0.15, 0.2) is 0 Å². The molecule has 1 rings (SSSR count). The Bertz CT molecular complexity index is 211. The second-order valence-corrected chi connectivity index (χ2v) is 4.37. The van der Waals surface area contributed by atoms with Crippen LogP contribution in [0.1, 0.15) is 39.5 Å². The van der Waals surface area contributed by atoms with Gasteiger partial charge in [0.2, 0.25) is 5.91 Å². The van der Waals surface area contributed by atoms with Crippen LogP contribution in [0.3, 0.4) is 0 Å². The van der Waals surface area contributed by atoms with Crippen molar-refractivity contribution >= 4 is 5.91 Å². The maximum atomic E-state index is 12.2. The second-order valence-electron chi connectivity index (χ2n) is 4.37. The van der Waals surface area contributed by atoms with Gasteiger partial charge in [-0.3, -0.25) is 4.79 Å². The highest BCUT2D eigenvalue weighted by atomic mass is 16.3. The van der Waals surface area contributed by atoms with Crippen LogP contribution < -0.4 is 5.32 Å². The standard InChI is InChI=1S/C12H24N2O2/c1-3-10(4-2)14(8-9-15)12(16)11-6-5-7-13-11/h10-11,13,15H,3-9H2,1-2H3/t11-/m0/s1. The highest BCUT2D eigenvalue weighted by Gasteiger charge is 2.29. The van der Waals surface area contributed by atoms with Crippen LogP contribution in [0.5, 0.6) is 0 Å². The van der Waals surface area contributed by atoms with E-state index >= 15 is 0 Å². The maximum Gasteiger partial charge on any atom is 0.240 e. The number of hydrogen-bond donors (Lipinski definition) is 2. The first-order chi connectivity index (χ1) is 7.74. The minimum absolute atomic E-state index is 0.0212. The summed E-state index contributed by atoms with van der Waals surface area (Å²) in [6, 6.07) is 0.245. The molecule has 1 saturated heterocycles. The number of nitrogens with one attached hydrogen (secondary N) is 1. The fourth-order valence-electron chi connectivity index (χ4n) is 2.41. The molecule has 0 spiro atoms. The van der Waals surface area contributed by atoms with Gasteiger partial charge >= 0.3 is 0 Å². The van der Waals surface area contributed by atoms with E-state index in [1.807, 2.05) is 4.90 Å². The Labute approximate surface area is 98.0 Å². The second kappa shape index (κ2) is 6.86. The molecule has 2 N–H and O–H groups in total. The molecule has 1 atom stereocenters. The number of nitrogens with zero attached hydrogens (tertiary/aromatic N) is 1. The summed E-state index contributed by atoms with van der Waals surface area (Å²) in [7, 11) is 0. The summed E-state index contributed by atoms with van der Waals surface area (Å²) < 4.78 is 0. The van der Waals surface area contributed by atoms with E-state index < -0.39 is 0 Å². The molecule has 4 heteroatoms. The third-order valence-corrected chi connectivity index (χ3v) is 3.37. The Kier molecular flexibility index (Phi) is 5.77. The van der Waals surface area contributed by atoms with E-state index in [0.29, 0.717) is 6.54 Å². The van der Waals surface area contributed by atoms with Gasteiger partial charge < -0.3 is 15.3 Å². The zero-order chi connectivity index (χ0) is 12.0. The van der Waals surface area contributed by atoms with Gasteiger partial charge in [-0.25, -0.2) is 0 Å². The molecule has 0 aromatic carbocycles. The number of hydrogen-bond acceptors (Lipinski definition) is 3. The normalized spacial score (nSPS) is 20.4. The van der Waals surface area contributed by atoms with Crippen molar-refractivity contribution in [3.05, 3.63) is 0 Å². The lowest BCUT2D eigenvalue weighted by atomic mass is 10.1. The molecule has 0 saturated carbocycles. The number of amides is 1. The third-order valence-electron chi connectivity index (χ3n) is 3.37. The monoisotopic (exact) mass is 228 g/mol. The van der Waals surface area contributed by atoms with Crippen molar-refractivity contribution < 1.29 is 9.90 Å². The predicted molar refractivity (Wildman–Crippen MR) is 64.2 cm³/mol. The number of rotatable bonds is 6. The molecule has 16 heavy (non-hydrogen) atoms. The molecule has 0 unspecified atom stereocenters. The molecule has 1 aliphatic heterocycles. The maximum absolute atomic E-state index is 12.2. The average Bonchev–Trinajstić information content (AvgIpc) is 2.82. The lowest BCUT2D eigenvalue weighted by Crippen LogP contribution is -2.49. The molecule has 1 amide bonds. The highest BCUT2D eigenvalue weighted by molar-refractivity contribution is 5.82. The molecule has 0 aromatic heterocycles. The molecule has 1 fully saturated rings. The minimum Gasteiger partial charge on any atom is -0.395 e. The van der Waals surface area contributed by atoms with Crippen molar-refractivity contribution in [2.24, 2.45) is 0 Å². The number of aliphatic hydroxyl groups is 1. The molecule has 0 aromatic rings.